The molecule has 1 aliphatic rings. The average Bonchev–Trinajstić information content (AvgIpc) is 3.08. The van der Waals surface area contributed by atoms with E-state index in [9.17, 15) is 14.7 Å². The molecule has 1 amide bonds. The van der Waals surface area contributed by atoms with Gasteiger partial charge in [0, 0.05) is 23.7 Å². The summed E-state index contributed by atoms with van der Waals surface area (Å²) in [5.41, 5.74) is 3.48. The number of ketones is 1. The number of carbonyl (C=O) groups is 2. The molecule has 30 heavy (non-hydrogen) atoms. The number of fused-ring (bicyclic) bond motifs is 1. The van der Waals surface area contributed by atoms with Crippen molar-refractivity contribution in [2.75, 3.05) is 11.9 Å². The summed E-state index contributed by atoms with van der Waals surface area (Å²) < 4.78 is 5.40. The number of hydrogen-bond acceptors (Lipinski definition) is 5. The van der Waals surface area contributed by atoms with Crippen LogP contribution in [-0.2, 0) is 22.6 Å². The number of benzene rings is 1. The Labute approximate surface area is 174 Å². The molecule has 0 fully saturated rings. The second-order valence-corrected chi connectivity index (χ2v) is 7.85. The standard InChI is InChI=1S/C23H23N3O4/c1-23(2,29)22(28)26-19-11-15(8-9-24-19)21-16(10-14-6-4-3-5-7-14)20-17(25-21)12-30-13-18(20)27/h3-9,11,25,29H,10,12-13H2,1-2H3,(H,24,26,28). The number of aromatic amines is 1. The first kappa shape index (κ1) is 20.0. The van der Waals surface area contributed by atoms with E-state index < -0.39 is 11.5 Å². The van der Waals surface area contributed by atoms with Crippen LogP contribution in [-0.4, -0.2) is 39.0 Å². The fourth-order valence-corrected chi connectivity index (χ4v) is 3.51. The summed E-state index contributed by atoms with van der Waals surface area (Å²) >= 11 is 0. The van der Waals surface area contributed by atoms with E-state index in [2.05, 4.69) is 15.3 Å². The first-order valence-electron chi connectivity index (χ1n) is 9.72. The van der Waals surface area contributed by atoms with Crippen molar-refractivity contribution >= 4 is 17.5 Å². The molecule has 0 atom stereocenters. The molecular formula is C23H23N3O4. The zero-order valence-electron chi connectivity index (χ0n) is 16.9. The Kier molecular flexibility index (Phi) is 5.24. The number of aliphatic hydroxyl groups is 1. The minimum absolute atomic E-state index is 0.0470. The number of anilines is 1. The first-order valence-corrected chi connectivity index (χ1v) is 9.72. The summed E-state index contributed by atoms with van der Waals surface area (Å²) in [6, 6.07) is 13.5. The van der Waals surface area contributed by atoms with Crippen LogP contribution in [0.5, 0.6) is 0 Å². The van der Waals surface area contributed by atoms with Crippen molar-refractivity contribution in [3.63, 3.8) is 0 Å². The molecule has 0 unspecified atom stereocenters. The molecule has 4 rings (SSSR count). The maximum atomic E-state index is 12.6. The van der Waals surface area contributed by atoms with Crippen LogP contribution >= 0.6 is 0 Å². The molecule has 1 aliphatic heterocycles. The minimum atomic E-state index is -1.52. The Morgan fingerprint density at radius 3 is 2.73 bits per heavy atom. The molecule has 0 saturated carbocycles. The third-order valence-electron chi connectivity index (χ3n) is 5.01. The van der Waals surface area contributed by atoms with Gasteiger partial charge in [-0.05, 0) is 37.1 Å². The normalized spacial score (nSPS) is 13.8. The highest BCUT2D eigenvalue weighted by Gasteiger charge is 2.28. The quantitative estimate of drug-likeness (QED) is 0.605. The van der Waals surface area contributed by atoms with Crippen LogP contribution in [0.4, 0.5) is 5.82 Å². The number of aromatic nitrogens is 2. The fraction of sp³-hybridized carbons (Fsp3) is 0.261. The SMILES string of the molecule is CC(C)(O)C(=O)Nc1cc(-c2[nH]c3c(c2Cc2ccccc2)C(=O)COC3)ccn1. The van der Waals surface area contributed by atoms with Gasteiger partial charge in [0.25, 0.3) is 5.91 Å². The molecule has 0 bridgehead atoms. The third kappa shape index (κ3) is 4.03. The molecule has 1 aromatic carbocycles. The van der Waals surface area contributed by atoms with Crippen LogP contribution in [0.3, 0.4) is 0 Å². The van der Waals surface area contributed by atoms with Crippen molar-refractivity contribution < 1.29 is 19.4 Å². The predicted octanol–water partition coefficient (Wildman–Crippen LogP) is 3.09. The van der Waals surface area contributed by atoms with Gasteiger partial charge < -0.3 is 20.1 Å². The minimum Gasteiger partial charge on any atom is -0.381 e. The molecule has 7 heteroatoms. The lowest BCUT2D eigenvalue weighted by molar-refractivity contribution is -0.130. The van der Waals surface area contributed by atoms with E-state index in [0.717, 1.165) is 28.1 Å². The summed E-state index contributed by atoms with van der Waals surface area (Å²) in [6.45, 7) is 3.23. The lowest BCUT2D eigenvalue weighted by Gasteiger charge is -2.16. The van der Waals surface area contributed by atoms with Crippen LogP contribution in [0.15, 0.2) is 48.7 Å². The maximum absolute atomic E-state index is 12.6. The molecule has 0 radical (unpaired) electrons. The monoisotopic (exact) mass is 405 g/mol. The summed E-state index contributed by atoms with van der Waals surface area (Å²) in [5, 5.41) is 12.5. The van der Waals surface area contributed by atoms with Crippen molar-refractivity contribution in [1.82, 2.24) is 9.97 Å². The summed E-state index contributed by atoms with van der Waals surface area (Å²) in [4.78, 5) is 32.3. The molecule has 3 heterocycles. The molecule has 3 aromatic rings. The Hall–Kier alpha value is -3.29. The second kappa shape index (κ2) is 7.85. The maximum Gasteiger partial charge on any atom is 0.256 e. The van der Waals surface area contributed by atoms with Gasteiger partial charge in [-0.2, -0.15) is 0 Å². The molecule has 154 valence electrons. The van der Waals surface area contributed by atoms with Crippen LogP contribution in [0.1, 0.15) is 41.0 Å². The third-order valence-corrected chi connectivity index (χ3v) is 5.01. The Morgan fingerprint density at radius 2 is 2.00 bits per heavy atom. The lowest BCUT2D eigenvalue weighted by Crippen LogP contribution is -2.36. The Bertz CT molecular complexity index is 1100. The van der Waals surface area contributed by atoms with Gasteiger partial charge in [-0.15, -0.1) is 0 Å². The van der Waals surface area contributed by atoms with Gasteiger partial charge in [-0.1, -0.05) is 30.3 Å². The molecular weight excluding hydrogens is 382 g/mol. The molecule has 2 aromatic heterocycles. The number of hydrogen-bond donors (Lipinski definition) is 3. The van der Waals surface area contributed by atoms with E-state index >= 15 is 0 Å². The fourth-order valence-electron chi connectivity index (χ4n) is 3.51. The largest absolute Gasteiger partial charge is 0.381 e. The molecule has 3 N–H and O–H groups in total. The van der Waals surface area contributed by atoms with Gasteiger partial charge in [0.05, 0.1) is 18.0 Å². The van der Waals surface area contributed by atoms with E-state index in [1.165, 1.54) is 13.8 Å². The Morgan fingerprint density at radius 1 is 1.23 bits per heavy atom. The zero-order valence-corrected chi connectivity index (χ0v) is 16.9. The highest BCUT2D eigenvalue weighted by Crippen LogP contribution is 2.33. The Balaban J connectivity index is 1.76. The van der Waals surface area contributed by atoms with Gasteiger partial charge in [0.15, 0.2) is 5.78 Å². The van der Waals surface area contributed by atoms with Gasteiger partial charge >= 0.3 is 0 Å². The van der Waals surface area contributed by atoms with Gasteiger partial charge in [0.2, 0.25) is 0 Å². The number of nitrogens with one attached hydrogen (secondary N) is 2. The van der Waals surface area contributed by atoms with Gasteiger partial charge in [-0.25, -0.2) is 4.98 Å². The number of nitrogens with zero attached hydrogens (tertiary/aromatic N) is 1. The number of pyridine rings is 1. The van der Waals surface area contributed by atoms with Crippen LogP contribution in [0, 0.1) is 0 Å². The number of H-pyrrole nitrogens is 1. The first-order chi connectivity index (χ1) is 14.3. The molecule has 0 spiro atoms. The number of Topliss-reactive ketones (excluding diaryl/α,β-unsaturated/α-hetero) is 1. The topological polar surface area (TPSA) is 104 Å². The number of carbonyl (C=O) groups excluding carboxylic acids is 2. The number of ether oxygens (including phenoxy) is 1. The predicted molar refractivity (Wildman–Crippen MR) is 112 cm³/mol. The van der Waals surface area contributed by atoms with E-state index in [0.29, 0.717) is 24.4 Å². The van der Waals surface area contributed by atoms with Crippen molar-refractivity contribution in [1.29, 1.82) is 0 Å². The van der Waals surface area contributed by atoms with Crippen molar-refractivity contribution in [2.45, 2.75) is 32.5 Å². The van der Waals surface area contributed by atoms with E-state index in [1.54, 1.807) is 12.3 Å². The van der Waals surface area contributed by atoms with Crippen molar-refractivity contribution in [2.24, 2.45) is 0 Å². The average molecular weight is 405 g/mol. The highest BCUT2D eigenvalue weighted by atomic mass is 16.5. The molecule has 0 saturated heterocycles. The molecule has 7 nitrogen and oxygen atoms in total. The zero-order chi connectivity index (χ0) is 21.3. The van der Waals surface area contributed by atoms with Crippen LogP contribution in [0.2, 0.25) is 0 Å². The highest BCUT2D eigenvalue weighted by molar-refractivity contribution is 6.02. The smallest absolute Gasteiger partial charge is 0.256 e. The summed E-state index contributed by atoms with van der Waals surface area (Å²) in [6.07, 6.45) is 2.17. The summed E-state index contributed by atoms with van der Waals surface area (Å²) in [5.74, 6) is -0.277. The summed E-state index contributed by atoms with van der Waals surface area (Å²) in [7, 11) is 0. The number of amides is 1. The van der Waals surface area contributed by atoms with E-state index in [-0.39, 0.29) is 12.4 Å². The van der Waals surface area contributed by atoms with Crippen molar-refractivity contribution in [3.05, 3.63) is 71.0 Å². The molecule has 0 aliphatic carbocycles. The van der Waals surface area contributed by atoms with E-state index in [1.807, 2.05) is 36.4 Å². The van der Waals surface area contributed by atoms with Crippen molar-refractivity contribution in [3.8, 4) is 11.3 Å². The van der Waals surface area contributed by atoms with E-state index in [4.69, 9.17) is 4.74 Å². The van der Waals surface area contributed by atoms with Gasteiger partial charge in [-0.3, -0.25) is 9.59 Å². The number of rotatable bonds is 5. The van der Waals surface area contributed by atoms with Crippen LogP contribution < -0.4 is 5.32 Å². The second-order valence-electron chi connectivity index (χ2n) is 7.85. The lowest BCUT2D eigenvalue weighted by atomic mass is 9.95. The van der Waals surface area contributed by atoms with Crippen LogP contribution in [0.25, 0.3) is 11.3 Å². The van der Waals surface area contributed by atoms with Gasteiger partial charge in [0.1, 0.15) is 18.0 Å².